The third kappa shape index (κ3) is 3.47. The van der Waals surface area contributed by atoms with Crippen LogP contribution in [0.25, 0.3) is 0 Å². The molecule has 0 spiro atoms. The van der Waals surface area contributed by atoms with Crippen LogP contribution in [0, 0.1) is 5.92 Å². The van der Waals surface area contributed by atoms with E-state index in [4.69, 9.17) is 17.3 Å². The zero-order valence-electron chi connectivity index (χ0n) is 8.55. The smallest absolute Gasteiger partial charge is 0.0420 e. The van der Waals surface area contributed by atoms with Gasteiger partial charge >= 0.3 is 0 Å². The maximum absolute atomic E-state index is 6.13. The Bertz CT molecular complexity index is 329. The van der Waals surface area contributed by atoms with Gasteiger partial charge in [0.05, 0.1) is 0 Å². The molecular formula is C12H15BrClN. The molecule has 1 aliphatic rings. The Hall–Kier alpha value is -0.0500. The van der Waals surface area contributed by atoms with E-state index in [0.29, 0.717) is 0 Å². The molecule has 1 fully saturated rings. The van der Waals surface area contributed by atoms with Crippen molar-refractivity contribution in [1.29, 1.82) is 0 Å². The lowest BCUT2D eigenvalue weighted by molar-refractivity contribution is 0.575. The summed E-state index contributed by atoms with van der Waals surface area (Å²) in [5.74, 6) is 0.943. The van der Waals surface area contributed by atoms with Gasteiger partial charge < -0.3 is 5.73 Å². The van der Waals surface area contributed by atoms with Crippen LogP contribution in [0.1, 0.15) is 37.3 Å². The predicted octanol–water partition coefficient (Wildman–Crippen LogP) is 4.29. The monoisotopic (exact) mass is 287 g/mol. The molecular weight excluding hydrogens is 273 g/mol. The van der Waals surface area contributed by atoms with Gasteiger partial charge in [0, 0.05) is 15.5 Å². The first-order chi connectivity index (χ1) is 7.15. The van der Waals surface area contributed by atoms with E-state index in [1.54, 1.807) is 0 Å². The Balaban J connectivity index is 1.99. The van der Waals surface area contributed by atoms with E-state index in [-0.39, 0.29) is 6.04 Å². The molecule has 1 nitrogen and oxygen atoms in total. The lowest BCUT2D eigenvalue weighted by Gasteiger charge is -2.12. The van der Waals surface area contributed by atoms with Crippen LogP contribution in [-0.4, -0.2) is 0 Å². The number of hydrogen-bond donors (Lipinski definition) is 1. The molecule has 2 N–H and O–H groups in total. The van der Waals surface area contributed by atoms with Crippen molar-refractivity contribution in [2.24, 2.45) is 11.7 Å². The number of rotatable bonds is 4. The first-order valence-electron chi connectivity index (χ1n) is 5.37. The molecule has 0 saturated heterocycles. The molecule has 1 aromatic carbocycles. The van der Waals surface area contributed by atoms with E-state index in [0.717, 1.165) is 27.4 Å². The number of halogens is 2. The Labute approximate surface area is 104 Å². The van der Waals surface area contributed by atoms with E-state index in [1.165, 1.54) is 19.3 Å². The van der Waals surface area contributed by atoms with Gasteiger partial charge in [-0.15, -0.1) is 0 Å². The normalized spacial score (nSPS) is 17.8. The molecule has 2 rings (SSSR count). The highest BCUT2D eigenvalue weighted by molar-refractivity contribution is 9.10. The fourth-order valence-corrected chi connectivity index (χ4v) is 2.66. The maximum atomic E-state index is 6.13. The molecule has 0 aromatic heterocycles. The summed E-state index contributed by atoms with van der Waals surface area (Å²) in [6.07, 6.45) is 5.11. The summed E-state index contributed by atoms with van der Waals surface area (Å²) in [5, 5.41) is 0.751. The summed E-state index contributed by atoms with van der Waals surface area (Å²) in [5.41, 5.74) is 7.26. The molecule has 1 aromatic rings. The van der Waals surface area contributed by atoms with E-state index >= 15 is 0 Å². The van der Waals surface area contributed by atoms with Crippen LogP contribution in [0.3, 0.4) is 0 Å². The summed E-state index contributed by atoms with van der Waals surface area (Å²) in [6.45, 7) is 0. The minimum atomic E-state index is 0.126. The molecule has 1 atom stereocenters. The van der Waals surface area contributed by atoms with E-state index in [2.05, 4.69) is 22.0 Å². The molecule has 0 bridgehead atoms. The Morgan fingerprint density at radius 2 is 2.13 bits per heavy atom. The molecule has 1 unspecified atom stereocenters. The minimum absolute atomic E-state index is 0.126. The average molecular weight is 289 g/mol. The van der Waals surface area contributed by atoms with Crippen molar-refractivity contribution in [2.45, 2.75) is 31.7 Å². The second-order valence-corrected chi connectivity index (χ2v) is 5.68. The Morgan fingerprint density at radius 1 is 1.40 bits per heavy atom. The number of hydrogen-bond acceptors (Lipinski definition) is 1. The van der Waals surface area contributed by atoms with Gasteiger partial charge in [-0.3, -0.25) is 0 Å². The van der Waals surface area contributed by atoms with Crippen molar-refractivity contribution in [3.05, 3.63) is 33.3 Å². The van der Waals surface area contributed by atoms with Crippen molar-refractivity contribution < 1.29 is 0 Å². The van der Waals surface area contributed by atoms with Gasteiger partial charge in [0.25, 0.3) is 0 Å². The van der Waals surface area contributed by atoms with Crippen LogP contribution in [0.4, 0.5) is 0 Å². The minimum Gasteiger partial charge on any atom is -0.324 e. The number of benzene rings is 1. The van der Waals surface area contributed by atoms with Gasteiger partial charge in [-0.05, 0) is 42.5 Å². The standard InChI is InChI=1S/C12H15BrClN/c13-10-5-9(6-11(14)7-10)12(15)4-3-8-1-2-8/h5-8,12H,1-4,15H2. The first kappa shape index (κ1) is 11.4. The zero-order chi connectivity index (χ0) is 10.8. The van der Waals surface area contributed by atoms with Crippen LogP contribution >= 0.6 is 27.5 Å². The largest absolute Gasteiger partial charge is 0.324 e. The number of nitrogens with two attached hydrogens (primary N) is 1. The summed E-state index contributed by atoms with van der Waals surface area (Å²) < 4.78 is 1.01. The van der Waals surface area contributed by atoms with Crippen molar-refractivity contribution in [3.63, 3.8) is 0 Å². The Kier molecular flexibility index (Phi) is 3.70. The quantitative estimate of drug-likeness (QED) is 0.878. The molecule has 0 heterocycles. The second-order valence-electron chi connectivity index (χ2n) is 4.33. The van der Waals surface area contributed by atoms with Gasteiger partial charge in [-0.2, -0.15) is 0 Å². The first-order valence-corrected chi connectivity index (χ1v) is 6.54. The molecule has 0 radical (unpaired) electrons. The van der Waals surface area contributed by atoms with Crippen molar-refractivity contribution in [3.8, 4) is 0 Å². The zero-order valence-corrected chi connectivity index (χ0v) is 10.9. The molecule has 15 heavy (non-hydrogen) atoms. The highest BCUT2D eigenvalue weighted by Crippen LogP contribution is 2.35. The molecule has 0 aliphatic heterocycles. The second kappa shape index (κ2) is 4.86. The van der Waals surface area contributed by atoms with Crippen LogP contribution in [0.2, 0.25) is 5.02 Å². The summed E-state index contributed by atoms with van der Waals surface area (Å²) in [4.78, 5) is 0. The SMILES string of the molecule is NC(CCC1CC1)c1cc(Cl)cc(Br)c1. The lowest BCUT2D eigenvalue weighted by Crippen LogP contribution is -2.10. The van der Waals surface area contributed by atoms with Crippen molar-refractivity contribution >= 4 is 27.5 Å². The lowest BCUT2D eigenvalue weighted by atomic mass is 10.0. The molecule has 82 valence electrons. The fourth-order valence-electron chi connectivity index (χ4n) is 1.78. The molecule has 1 saturated carbocycles. The van der Waals surface area contributed by atoms with E-state index < -0.39 is 0 Å². The highest BCUT2D eigenvalue weighted by Gasteiger charge is 2.22. The predicted molar refractivity (Wildman–Crippen MR) is 68.0 cm³/mol. The van der Waals surface area contributed by atoms with E-state index in [9.17, 15) is 0 Å². The Morgan fingerprint density at radius 3 is 2.73 bits per heavy atom. The van der Waals surface area contributed by atoms with Crippen molar-refractivity contribution in [1.82, 2.24) is 0 Å². The third-order valence-corrected chi connectivity index (χ3v) is 3.57. The highest BCUT2D eigenvalue weighted by atomic mass is 79.9. The van der Waals surface area contributed by atoms with Gasteiger partial charge in [0.1, 0.15) is 0 Å². The summed E-state index contributed by atoms with van der Waals surface area (Å²) >= 11 is 9.42. The van der Waals surface area contributed by atoms with Crippen LogP contribution in [-0.2, 0) is 0 Å². The van der Waals surface area contributed by atoms with Crippen LogP contribution in [0.15, 0.2) is 22.7 Å². The van der Waals surface area contributed by atoms with Gasteiger partial charge in [0.15, 0.2) is 0 Å². The van der Waals surface area contributed by atoms with Gasteiger partial charge in [-0.1, -0.05) is 40.4 Å². The average Bonchev–Trinajstić information content (AvgIpc) is 2.96. The van der Waals surface area contributed by atoms with Crippen molar-refractivity contribution in [2.75, 3.05) is 0 Å². The van der Waals surface area contributed by atoms with E-state index in [1.807, 2.05) is 12.1 Å². The molecule has 1 aliphatic carbocycles. The summed E-state index contributed by atoms with van der Waals surface area (Å²) in [7, 11) is 0. The fraction of sp³-hybridized carbons (Fsp3) is 0.500. The van der Waals surface area contributed by atoms with Gasteiger partial charge in [0.2, 0.25) is 0 Å². The molecule has 3 heteroatoms. The topological polar surface area (TPSA) is 26.0 Å². The third-order valence-electron chi connectivity index (χ3n) is 2.90. The van der Waals surface area contributed by atoms with Gasteiger partial charge in [-0.25, -0.2) is 0 Å². The maximum Gasteiger partial charge on any atom is 0.0420 e. The summed E-state index contributed by atoms with van der Waals surface area (Å²) in [6, 6.07) is 6.03. The molecule has 0 amide bonds. The van der Waals surface area contributed by atoms with Crippen LogP contribution < -0.4 is 5.73 Å². The van der Waals surface area contributed by atoms with Crippen LogP contribution in [0.5, 0.6) is 0 Å².